The van der Waals surface area contributed by atoms with Gasteiger partial charge in [0.15, 0.2) is 5.82 Å². The number of amides is 3. The van der Waals surface area contributed by atoms with Gasteiger partial charge in [0.05, 0.1) is 31.2 Å². The minimum absolute atomic E-state index is 0.182. The first-order valence-corrected chi connectivity index (χ1v) is 10.7. The monoisotopic (exact) mass is 458 g/mol. The number of nitrogens with one attached hydrogen (secondary N) is 2. The number of pyridine rings is 2. The number of carbonyl (C=O) groups excluding carboxylic acids is 2. The van der Waals surface area contributed by atoms with Crippen LogP contribution in [0, 0.1) is 0 Å². The molecule has 1 aliphatic heterocycles. The normalized spacial score (nSPS) is 14.9. The quantitative estimate of drug-likeness (QED) is 0.516. The molecule has 4 heterocycles. The average Bonchev–Trinajstić information content (AvgIpc) is 3.70. The van der Waals surface area contributed by atoms with E-state index < -0.39 is 5.91 Å². The zero-order chi connectivity index (χ0) is 23.7. The van der Waals surface area contributed by atoms with Gasteiger partial charge in [-0.05, 0) is 31.1 Å². The van der Waals surface area contributed by atoms with E-state index in [-0.39, 0.29) is 12.1 Å². The van der Waals surface area contributed by atoms with E-state index in [4.69, 9.17) is 4.74 Å². The smallest absolute Gasteiger partial charge is 0.330 e. The summed E-state index contributed by atoms with van der Waals surface area (Å²) in [6.45, 7) is 3.89. The number of carbonyl (C=O) groups is 2. The van der Waals surface area contributed by atoms with Crippen molar-refractivity contribution in [2.75, 3.05) is 22.6 Å². The highest BCUT2D eigenvalue weighted by Gasteiger charge is 2.41. The van der Waals surface area contributed by atoms with Crippen molar-refractivity contribution in [3.05, 3.63) is 61.1 Å². The van der Waals surface area contributed by atoms with Crippen LogP contribution in [0.4, 0.5) is 33.8 Å². The van der Waals surface area contributed by atoms with Crippen LogP contribution < -0.4 is 20.3 Å². The van der Waals surface area contributed by atoms with Gasteiger partial charge in [0.1, 0.15) is 5.82 Å². The number of hydrogen-bond acceptors (Lipinski definition) is 8. The molecule has 11 nitrogen and oxygen atoms in total. The van der Waals surface area contributed by atoms with Gasteiger partial charge in [-0.3, -0.25) is 4.79 Å². The molecule has 0 atom stereocenters. The van der Waals surface area contributed by atoms with Crippen molar-refractivity contribution in [3.8, 4) is 5.88 Å². The highest BCUT2D eigenvalue weighted by atomic mass is 16.5. The van der Waals surface area contributed by atoms with E-state index >= 15 is 0 Å². The van der Waals surface area contributed by atoms with Crippen molar-refractivity contribution in [2.45, 2.75) is 25.4 Å². The Bertz CT molecular complexity index is 1260. The molecule has 5 rings (SSSR count). The topological polar surface area (TPSA) is 125 Å². The molecule has 0 spiro atoms. The predicted octanol–water partition coefficient (Wildman–Crippen LogP) is 3.38. The number of rotatable bonds is 7. The van der Waals surface area contributed by atoms with Gasteiger partial charge in [-0.1, -0.05) is 6.58 Å². The summed E-state index contributed by atoms with van der Waals surface area (Å²) in [5, 5.41) is 5.74. The highest BCUT2D eigenvalue weighted by molar-refractivity contribution is 6.02. The maximum Gasteiger partial charge on any atom is 0.330 e. The lowest BCUT2D eigenvalue weighted by molar-refractivity contribution is -0.111. The summed E-state index contributed by atoms with van der Waals surface area (Å²) in [6, 6.07) is 6.86. The molecule has 172 valence electrons. The van der Waals surface area contributed by atoms with Gasteiger partial charge in [-0.15, -0.1) is 0 Å². The number of aromatic nitrogens is 4. The summed E-state index contributed by atoms with van der Waals surface area (Å²) in [5.41, 5.74) is 2.02. The number of methoxy groups -OCH3 is 1. The van der Waals surface area contributed by atoms with Gasteiger partial charge in [-0.2, -0.15) is 4.98 Å². The van der Waals surface area contributed by atoms with Crippen LogP contribution in [0.25, 0.3) is 0 Å². The van der Waals surface area contributed by atoms with E-state index in [0.717, 1.165) is 24.5 Å². The lowest BCUT2D eigenvalue weighted by atomic mass is 10.2. The first-order valence-electron chi connectivity index (χ1n) is 10.7. The zero-order valence-corrected chi connectivity index (χ0v) is 18.4. The Kier molecular flexibility index (Phi) is 5.50. The predicted molar refractivity (Wildman–Crippen MR) is 125 cm³/mol. The van der Waals surface area contributed by atoms with Crippen molar-refractivity contribution in [1.29, 1.82) is 0 Å². The molecule has 0 unspecified atom stereocenters. The third-order valence-electron chi connectivity index (χ3n) is 5.46. The molecule has 0 saturated heterocycles. The first-order chi connectivity index (χ1) is 16.6. The summed E-state index contributed by atoms with van der Waals surface area (Å²) in [7, 11) is 1.55. The second-order valence-electron chi connectivity index (χ2n) is 7.83. The lowest BCUT2D eigenvalue weighted by Crippen LogP contribution is -2.46. The molecule has 3 aromatic rings. The molecule has 34 heavy (non-hydrogen) atoms. The van der Waals surface area contributed by atoms with Crippen molar-refractivity contribution in [3.63, 3.8) is 0 Å². The molecule has 0 bridgehead atoms. The fourth-order valence-corrected chi connectivity index (χ4v) is 3.65. The van der Waals surface area contributed by atoms with Gasteiger partial charge in [-0.25, -0.2) is 24.6 Å². The second-order valence-corrected chi connectivity index (χ2v) is 7.83. The van der Waals surface area contributed by atoms with Crippen molar-refractivity contribution < 1.29 is 14.3 Å². The number of hydrogen-bond donors (Lipinski definition) is 2. The van der Waals surface area contributed by atoms with Gasteiger partial charge >= 0.3 is 6.03 Å². The zero-order valence-electron chi connectivity index (χ0n) is 18.4. The summed E-state index contributed by atoms with van der Waals surface area (Å²) < 4.78 is 5.09. The van der Waals surface area contributed by atoms with Gasteiger partial charge in [0.25, 0.3) is 0 Å². The summed E-state index contributed by atoms with van der Waals surface area (Å²) >= 11 is 0. The Morgan fingerprint density at radius 2 is 2.06 bits per heavy atom. The molecule has 1 saturated carbocycles. The Hall–Kier alpha value is -4.54. The van der Waals surface area contributed by atoms with Crippen molar-refractivity contribution in [1.82, 2.24) is 24.8 Å². The van der Waals surface area contributed by atoms with Crippen LogP contribution in [0.3, 0.4) is 0 Å². The number of nitrogens with zero attached hydrogens (tertiary/aromatic N) is 6. The molecule has 2 aliphatic rings. The van der Waals surface area contributed by atoms with Crippen molar-refractivity contribution >= 4 is 40.9 Å². The van der Waals surface area contributed by atoms with E-state index in [2.05, 4.69) is 37.1 Å². The first kappa shape index (κ1) is 21.3. The SMILES string of the molecule is C=CC(=O)Nc1cc(N2C(=O)N(C3CC3)Cc3cnc(Nc4ccc(OC)nc4)nc32)ccn1. The molecule has 1 aliphatic carbocycles. The van der Waals surface area contributed by atoms with Gasteiger partial charge in [0, 0.05) is 36.1 Å². The third kappa shape index (κ3) is 4.22. The van der Waals surface area contributed by atoms with Crippen LogP contribution in [-0.2, 0) is 11.3 Å². The molecular weight excluding hydrogens is 436 g/mol. The Labute approximate surface area is 195 Å². The summed E-state index contributed by atoms with van der Waals surface area (Å²) in [4.78, 5) is 46.0. The Morgan fingerprint density at radius 3 is 2.76 bits per heavy atom. The van der Waals surface area contributed by atoms with E-state index in [1.54, 1.807) is 43.8 Å². The lowest BCUT2D eigenvalue weighted by Gasteiger charge is -2.36. The van der Waals surface area contributed by atoms with Crippen LogP contribution in [-0.4, -0.2) is 49.9 Å². The van der Waals surface area contributed by atoms with Gasteiger partial charge in [0.2, 0.25) is 17.7 Å². The maximum absolute atomic E-state index is 13.5. The number of ether oxygens (including phenoxy) is 1. The minimum atomic E-state index is -0.392. The Morgan fingerprint density at radius 1 is 1.21 bits per heavy atom. The van der Waals surface area contributed by atoms with Crippen LogP contribution in [0.2, 0.25) is 0 Å². The van der Waals surface area contributed by atoms with Crippen LogP contribution >= 0.6 is 0 Å². The number of anilines is 5. The molecular formula is C23H22N8O3. The molecule has 3 amide bonds. The van der Waals surface area contributed by atoms with E-state index in [1.165, 1.54) is 11.1 Å². The maximum atomic E-state index is 13.5. The largest absolute Gasteiger partial charge is 0.481 e. The molecule has 2 N–H and O–H groups in total. The summed E-state index contributed by atoms with van der Waals surface area (Å²) in [5.74, 6) is 1.19. The number of urea groups is 1. The second kappa shape index (κ2) is 8.77. The molecule has 0 aromatic carbocycles. The van der Waals surface area contributed by atoms with Crippen LogP contribution in [0.5, 0.6) is 5.88 Å². The fraction of sp³-hybridized carbons (Fsp3) is 0.217. The fourth-order valence-electron chi connectivity index (χ4n) is 3.65. The van der Waals surface area contributed by atoms with E-state index in [1.807, 2.05) is 4.90 Å². The molecule has 3 aromatic heterocycles. The number of fused-ring (bicyclic) bond motifs is 1. The van der Waals surface area contributed by atoms with E-state index in [9.17, 15) is 9.59 Å². The third-order valence-corrected chi connectivity index (χ3v) is 5.46. The minimum Gasteiger partial charge on any atom is -0.481 e. The van der Waals surface area contributed by atoms with Crippen molar-refractivity contribution in [2.24, 2.45) is 0 Å². The van der Waals surface area contributed by atoms with Crippen LogP contribution in [0.15, 0.2) is 55.5 Å². The van der Waals surface area contributed by atoms with Gasteiger partial charge < -0.3 is 20.3 Å². The standard InChI is InChI=1S/C23H22N8O3/c1-3-19(32)28-18-10-17(8-9-24-18)31-21-14(13-30(23(31)33)16-5-6-16)11-26-22(29-21)27-15-4-7-20(34-2)25-12-15/h3-4,7-12,16H,1,5-6,13H2,2H3,(H,24,28,32)(H,26,27,29). The summed E-state index contributed by atoms with van der Waals surface area (Å²) in [6.07, 6.45) is 7.95. The molecule has 1 fully saturated rings. The highest BCUT2D eigenvalue weighted by Crippen LogP contribution is 2.39. The molecule has 11 heteroatoms. The van der Waals surface area contributed by atoms with E-state index in [0.29, 0.717) is 41.4 Å². The van der Waals surface area contributed by atoms with Crippen LogP contribution in [0.1, 0.15) is 18.4 Å². The average molecular weight is 458 g/mol. The molecule has 0 radical (unpaired) electrons. The Balaban J connectivity index is 1.51.